The molecule has 3 aromatic rings. The lowest BCUT2D eigenvalue weighted by Gasteiger charge is -2.10. The third-order valence-corrected chi connectivity index (χ3v) is 6.42. The quantitative estimate of drug-likeness (QED) is 0.462. The van der Waals surface area contributed by atoms with Gasteiger partial charge in [0.05, 0.1) is 17.1 Å². The van der Waals surface area contributed by atoms with Gasteiger partial charge in [-0.15, -0.1) is 11.3 Å². The second-order valence-corrected chi connectivity index (χ2v) is 9.24. The van der Waals surface area contributed by atoms with E-state index in [1.54, 1.807) is 24.4 Å². The van der Waals surface area contributed by atoms with Crippen LogP contribution in [0.15, 0.2) is 58.9 Å². The summed E-state index contributed by atoms with van der Waals surface area (Å²) >= 11 is 1.08. The summed E-state index contributed by atoms with van der Waals surface area (Å²) in [5.74, 6) is -1.37. The molecule has 12 heteroatoms. The summed E-state index contributed by atoms with van der Waals surface area (Å²) in [7, 11) is -3.90. The van der Waals surface area contributed by atoms with Crippen LogP contribution < -0.4 is 15.4 Å². The monoisotopic (exact) mass is 488 g/mol. The number of imide groups is 1. The van der Waals surface area contributed by atoms with Gasteiger partial charge in [0.15, 0.2) is 0 Å². The Kier molecular flexibility index (Phi) is 7.41. The molecule has 0 aliphatic heterocycles. The van der Waals surface area contributed by atoms with Crippen molar-refractivity contribution >= 4 is 50.1 Å². The van der Waals surface area contributed by atoms with Gasteiger partial charge in [0.1, 0.15) is 10.8 Å². The van der Waals surface area contributed by atoms with E-state index in [9.17, 15) is 22.8 Å². The Bertz CT molecular complexity index is 1290. The largest absolute Gasteiger partial charge is 0.450 e. The summed E-state index contributed by atoms with van der Waals surface area (Å²) in [5.41, 5.74) is 1.10. The highest BCUT2D eigenvalue weighted by Gasteiger charge is 2.19. The fourth-order valence-electron chi connectivity index (χ4n) is 2.63. The number of aromatic nitrogens is 1. The van der Waals surface area contributed by atoms with Crippen molar-refractivity contribution in [3.8, 4) is 0 Å². The summed E-state index contributed by atoms with van der Waals surface area (Å²) in [5, 5.41) is 6.42. The first-order valence-electron chi connectivity index (χ1n) is 9.62. The van der Waals surface area contributed by atoms with Crippen LogP contribution in [0, 0.1) is 6.92 Å². The number of thiophene rings is 1. The molecule has 0 saturated carbocycles. The fourth-order valence-corrected chi connectivity index (χ4v) is 4.41. The van der Waals surface area contributed by atoms with Gasteiger partial charge in [0.25, 0.3) is 21.8 Å². The molecule has 0 aliphatic rings. The van der Waals surface area contributed by atoms with Crippen LogP contribution in [-0.4, -0.2) is 37.9 Å². The van der Waals surface area contributed by atoms with Crippen LogP contribution in [-0.2, 0) is 14.8 Å². The van der Waals surface area contributed by atoms with Gasteiger partial charge in [-0.2, -0.15) is 0 Å². The third-order valence-electron chi connectivity index (χ3n) is 4.22. The molecule has 2 aromatic heterocycles. The zero-order chi connectivity index (χ0) is 24.0. The lowest BCUT2D eigenvalue weighted by atomic mass is 10.2. The van der Waals surface area contributed by atoms with Crippen LogP contribution >= 0.6 is 11.3 Å². The molecule has 33 heavy (non-hydrogen) atoms. The van der Waals surface area contributed by atoms with E-state index in [0.717, 1.165) is 16.9 Å². The van der Waals surface area contributed by atoms with Crippen molar-refractivity contribution in [2.45, 2.75) is 18.7 Å². The van der Waals surface area contributed by atoms with E-state index < -0.39 is 27.9 Å². The Morgan fingerprint density at radius 2 is 1.79 bits per heavy atom. The molecular formula is C21H20N4O6S2. The third kappa shape index (κ3) is 6.14. The predicted molar refractivity (Wildman–Crippen MR) is 123 cm³/mol. The number of hydrogen-bond donors (Lipinski definition) is 3. The standard InChI is InChI=1S/C21H20N4O6S2/c1-3-31-21(28)24-19(27)16-9-11-32-20(16)23-18(26)14-8-10-22-17(12-14)25-33(29,30)15-6-4-13(2)5-7-15/h4-12H,3H2,1-2H3,(H,22,25)(H,23,26)(H,24,27,28). The maximum atomic E-state index is 12.7. The Morgan fingerprint density at radius 1 is 1.06 bits per heavy atom. The minimum absolute atomic E-state index is 0.0466. The number of carbonyl (C=O) groups excluding carboxylic acids is 3. The number of benzene rings is 1. The molecule has 1 aromatic carbocycles. The van der Waals surface area contributed by atoms with Gasteiger partial charge in [-0.25, -0.2) is 18.2 Å². The van der Waals surface area contributed by atoms with E-state index >= 15 is 0 Å². The molecule has 0 unspecified atom stereocenters. The van der Waals surface area contributed by atoms with Crippen LogP contribution in [0.2, 0.25) is 0 Å². The lowest BCUT2D eigenvalue weighted by molar-refractivity contribution is 0.0926. The first-order chi connectivity index (χ1) is 15.7. The van der Waals surface area contributed by atoms with Crippen LogP contribution in [0.4, 0.5) is 15.6 Å². The Hall–Kier alpha value is -3.77. The van der Waals surface area contributed by atoms with E-state index in [-0.39, 0.29) is 33.4 Å². The van der Waals surface area contributed by atoms with Gasteiger partial charge in [-0.05, 0) is 49.6 Å². The zero-order valence-electron chi connectivity index (χ0n) is 17.6. The Morgan fingerprint density at radius 3 is 2.48 bits per heavy atom. The molecule has 3 rings (SSSR count). The van der Waals surface area contributed by atoms with Crippen molar-refractivity contribution in [3.63, 3.8) is 0 Å². The predicted octanol–water partition coefficient (Wildman–Crippen LogP) is 3.39. The first kappa shape index (κ1) is 23.9. The van der Waals surface area contributed by atoms with E-state index in [4.69, 9.17) is 0 Å². The van der Waals surface area contributed by atoms with Crippen LogP contribution in [0.1, 0.15) is 33.2 Å². The molecule has 2 heterocycles. The highest BCUT2D eigenvalue weighted by atomic mass is 32.2. The number of aryl methyl sites for hydroxylation is 1. The lowest BCUT2D eigenvalue weighted by Crippen LogP contribution is -2.31. The van der Waals surface area contributed by atoms with E-state index in [1.807, 2.05) is 6.92 Å². The second kappa shape index (κ2) is 10.2. The highest BCUT2D eigenvalue weighted by Crippen LogP contribution is 2.24. The Labute approximate surface area is 194 Å². The summed E-state index contributed by atoms with van der Waals surface area (Å²) in [6.45, 7) is 3.54. The summed E-state index contributed by atoms with van der Waals surface area (Å²) in [6, 6.07) is 10.4. The van der Waals surface area contributed by atoms with Gasteiger partial charge < -0.3 is 10.1 Å². The SMILES string of the molecule is CCOC(=O)NC(=O)c1ccsc1NC(=O)c1ccnc(NS(=O)(=O)c2ccc(C)cc2)c1. The van der Waals surface area contributed by atoms with Crippen molar-refractivity contribution in [2.24, 2.45) is 0 Å². The molecule has 0 spiro atoms. The number of alkyl carbamates (subject to hydrolysis) is 1. The molecule has 0 aliphatic carbocycles. The number of rotatable bonds is 7. The summed E-state index contributed by atoms with van der Waals surface area (Å²) in [6.07, 6.45) is 0.385. The van der Waals surface area contributed by atoms with Crippen LogP contribution in [0.5, 0.6) is 0 Å². The van der Waals surface area contributed by atoms with Gasteiger partial charge >= 0.3 is 6.09 Å². The molecule has 3 amide bonds. The van der Waals surface area contributed by atoms with E-state index in [1.165, 1.54) is 36.5 Å². The van der Waals surface area contributed by atoms with Crippen molar-refractivity contribution in [1.82, 2.24) is 10.3 Å². The molecule has 172 valence electrons. The first-order valence-corrected chi connectivity index (χ1v) is 12.0. The number of nitrogens with one attached hydrogen (secondary N) is 3. The van der Waals surface area contributed by atoms with Gasteiger partial charge in [0, 0.05) is 11.8 Å². The second-order valence-electron chi connectivity index (χ2n) is 6.64. The minimum Gasteiger partial charge on any atom is -0.450 e. The van der Waals surface area contributed by atoms with E-state index in [2.05, 4.69) is 25.1 Å². The smallest absolute Gasteiger partial charge is 0.414 e. The fraction of sp³-hybridized carbons (Fsp3) is 0.143. The maximum absolute atomic E-state index is 12.7. The number of amides is 3. The van der Waals surface area contributed by atoms with Crippen molar-refractivity contribution < 1.29 is 27.5 Å². The summed E-state index contributed by atoms with van der Waals surface area (Å²) in [4.78, 5) is 40.4. The van der Waals surface area contributed by atoms with Crippen LogP contribution in [0.3, 0.4) is 0 Å². The molecule has 10 nitrogen and oxygen atoms in total. The number of anilines is 2. The molecular weight excluding hydrogens is 468 g/mol. The molecule has 3 N–H and O–H groups in total. The number of hydrogen-bond acceptors (Lipinski definition) is 8. The number of nitrogens with zero attached hydrogens (tertiary/aromatic N) is 1. The van der Waals surface area contributed by atoms with Crippen molar-refractivity contribution in [3.05, 3.63) is 70.7 Å². The number of sulfonamides is 1. The molecule has 0 atom stereocenters. The molecule has 0 saturated heterocycles. The van der Waals surface area contributed by atoms with Crippen molar-refractivity contribution in [1.29, 1.82) is 0 Å². The number of pyridine rings is 1. The van der Waals surface area contributed by atoms with Crippen molar-refractivity contribution in [2.75, 3.05) is 16.6 Å². The Balaban J connectivity index is 1.73. The van der Waals surface area contributed by atoms with Gasteiger partial charge in [-0.1, -0.05) is 17.7 Å². The summed E-state index contributed by atoms with van der Waals surface area (Å²) < 4.78 is 32.2. The number of ether oxygens (including phenoxy) is 1. The molecule has 0 radical (unpaired) electrons. The average Bonchev–Trinajstić information content (AvgIpc) is 3.22. The molecule has 0 bridgehead atoms. The topological polar surface area (TPSA) is 144 Å². The normalized spacial score (nSPS) is 10.8. The zero-order valence-corrected chi connectivity index (χ0v) is 19.2. The minimum atomic E-state index is -3.90. The molecule has 0 fully saturated rings. The maximum Gasteiger partial charge on any atom is 0.414 e. The van der Waals surface area contributed by atoms with E-state index in [0.29, 0.717) is 0 Å². The number of carbonyl (C=O) groups is 3. The van der Waals surface area contributed by atoms with Crippen LogP contribution in [0.25, 0.3) is 0 Å². The van der Waals surface area contributed by atoms with Gasteiger partial charge in [0.2, 0.25) is 0 Å². The van der Waals surface area contributed by atoms with Gasteiger partial charge in [-0.3, -0.25) is 19.6 Å². The average molecular weight is 489 g/mol. The highest BCUT2D eigenvalue weighted by molar-refractivity contribution is 7.92.